The first-order valence-electron chi connectivity index (χ1n) is 7.46. The summed E-state index contributed by atoms with van der Waals surface area (Å²) >= 11 is 5.61. The molecule has 0 aliphatic heterocycles. The van der Waals surface area contributed by atoms with Crippen molar-refractivity contribution in [3.8, 4) is 0 Å². The van der Waals surface area contributed by atoms with Crippen molar-refractivity contribution in [2.45, 2.75) is 0 Å². The van der Waals surface area contributed by atoms with Crippen molar-refractivity contribution < 1.29 is 0 Å². The number of rotatable bonds is 4. The number of thiocarbonyl (C=S) groups is 1. The van der Waals surface area contributed by atoms with Gasteiger partial charge in [0.05, 0.1) is 0 Å². The minimum absolute atomic E-state index is 0.698. The lowest BCUT2D eigenvalue weighted by atomic mass is 9.95. The van der Waals surface area contributed by atoms with Gasteiger partial charge in [-0.1, -0.05) is 91.6 Å². The second-order valence-electron chi connectivity index (χ2n) is 5.21. The van der Waals surface area contributed by atoms with Gasteiger partial charge < -0.3 is 5.32 Å². The summed E-state index contributed by atoms with van der Waals surface area (Å²) in [6, 6.07) is 28.2. The normalized spacial score (nSPS) is 10.1. The second-order valence-corrected chi connectivity index (χ2v) is 5.62. The molecular formula is C21H17NS. The van der Waals surface area contributed by atoms with Crippen LogP contribution in [0.3, 0.4) is 0 Å². The average molecular weight is 315 g/mol. The van der Waals surface area contributed by atoms with E-state index >= 15 is 0 Å². The minimum atomic E-state index is 0.698. The van der Waals surface area contributed by atoms with Crippen LogP contribution in [-0.2, 0) is 0 Å². The predicted molar refractivity (Wildman–Crippen MR) is 103 cm³/mol. The summed E-state index contributed by atoms with van der Waals surface area (Å²) in [5.74, 6) is 0. The maximum Gasteiger partial charge on any atom is 0.111 e. The Labute approximate surface area is 142 Å². The molecule has 0 fully saturated rings. The molecule has 0 radical (unpaired) electrons. The van der Waals surface area contributed by atoms with Crippen molar-refractivity contribution in [2.24, 2.45) is 0 Å². The first-order chi connectivity index (χ1) is 11.3. The van der Waals surface area contributed by atoms with Crippen LogP contribution in [0.4, 0.5) is 5.69 Å². The van der Waals surface area contributed by atoms with Gasteiger partial charge in [0, 0.05) is 11.3 Å². The Morgan fingerprint density at radius 2 is 1.22 bits per heavy atom. The molecule has 0 amide bonds. The van der Waals surface area contributed by atoms with Crippen LogP contribution in [0.1, 0.15) is 16.7 Å². The SMILES string of the molecule is C=C(c1ccccc1)c1ccccc1C(=S)Nc1ccccc1. The van der Waals surface area contributed by atoms with E-state index in [9.17, 15) is 0 Å². The van der Waals surface area contributed by atoms with Gasteiger partial charge >= 0.3 is 0 Å². The topological polar surface area (TPSA) is 12.0 Å². The van der Waals surface area contributed by atoms with Crippen molar-refractivity contribution in [1.82, 2.24) is 0 Å². The monoisotopic (exact) mass is 315 g/mol. The maximum absolute atomic E-state index is 5.61. The zero-order chi connectivity index (χ0) is 16.1. The highest BCUT2D eigenvalue weighted by Gasteiger charge is 2.11. The van der Waals surface area contributed by atoms with Gasteiger partial charge in [-0.15, -0.1) is 0 Å². The van der Waals surface area contributed by atoms with Crippen LogP contribution < -0.4 is 5.32 Å². The molecule has 3 rings (SSSR count). The molecule has 2 heteroatoms. The third kappa shape index (κ3) is 3.55. The molecular weight excluding hydrogens is 298 g/mol. The number of hydrogen-bond acceptors (Lipinski definition) is 1. The zero-order valence-electron chi connectivity index (χ0n) is 12.7. The van der Waals surface area contributed by atoms with E-state index in [2.05, 4.69) is 30.1 Å². The van der Waals surface area contributed by atoms with Crippen LogP contribution in [0, 0.1) is 0 Å². The van der Waals surface area contributed by atoms with Crippen LogP contribution >= 0.6 is 12.2 Å². The number of nitrogens with one attached hydrogen (secondary N) is 1. The van der Waals surface area contributed by atoms with Crippen molar-refractivity contribution in [3.05, 3.63) is 108 Å². The Morgan fingerprint density at radius 1 is 0.696 bits per heavy atom. The highest BCUT2D eigenvalue weighted by atomic mass is 32.1. The number of anilines is 1. The molecule has 0 bridgehead atoms. The fraction of sp³-hybridized carbons (Fsp3) is 0. The van der Waals surface area contributed by atoms with Crippen molar-refractivity contribution in [3.63, 3.8) is 0 Å². The lowest BCUT2D eigenvalue weighted by molar-refractivity contribution is 1.52. The molecule has 3 aromatic carbocycles. The summed E-state index contributed by atoms with van der Waals surface area (Å²) in [7, 11) is 0. The van der Waals surface area contributed by atoms with E-state index in [-0.39, 0.29) is 0 Å². The van der Waals surface area contributed by atoms with E-state index < -0.39 is 0 Å². The van der Waals surface area contributed by atoms with Gasteiger partial charge in [0.15, 0.2) is 0 Å². The van der Waals surface area contributed by atoms with Gasteiger partial charge in [-0.2, -0.15) is 0 Å². The highest BCUT2D eigenvalue weighted by Crippen LogP contribution is 2.25. The van der Waals surface area contributed by atoms with Crippen molar-refractivity contribution in [2.75, 3.05) is 5.32 Å². The molecule has 0 spiro atoms. The Kier molecular flexibility index (Phi) is 4.65. The Balaban J connectivity index is 1.92. The molecule has 1 N–H and O–H groups in total. The van der Waals surface area contributed by atoms with Crippen molar-refractivity contribution >= 4 is 28.5 Å². The summed E-state index contributed by atoms with van der Waals surface area (Å²) in [6.07, 6.45) is 0. The first kappa shape index (κ1) is 15.2. The molecule has 112 valence electrons. The van der Waals surface area contributed by atoms with Crippen molar-refractivity contribution in [1.29, 1.82) is 0 Å². The van der Waals surface area contributed by atoms with E-state index in [1.54, 1.807) is 0 Å². The average Bonchev–Trinajstić information content (AvgIpc) is 2.62. The van der Waals surface area contributed by atoms with Crippen LogP contribution in [-0.4, -0.2) is 4.99 Å². The molecule has 0 aromatic heterocycles. The predicted octanol–water partition coefficient (Wildman–Crippen LogP) is 5.54. The molecule has 0 atom stereocenters. The molecule has 0 aliphatic rings. The Bertz CT molecular complexity index is 823. The summed E-state index contributed by atoms with van der Waals surface area (Å²) in [6.45, 7) is 4.26. The fourth-order valence-electron chi connectivity index (χ4n) is 2.46. The third-order valence-electron chi connectivity index (χ3n) is 3.65. The number of hydrogen-bond donors (Lipinski definition) is 1. The number of para-hydroxylation sites is 1. The summed E-state index contributed by atoms with van der Waals surface area (Å²) in [4.78, 5) is 0.698. The van der Waals surface area contributed by atoms with Gasteiger partial charge in [-0.3, -0.25) is 0 Å². The first-order valence-corrected chi connectivity index (χ1v) is 7.86. The Morgan fingerprint density at radius 3 is 1.87 bits per heavy atom. The zero-order valence-corrected chi connectivity index (χ0v) is 13.5. The molecule has 0 aliphatic carbocycles. The minimum Gasteiger partial charge on any atom is -0.346 e. The summed E-state index contributed by atoms with van der Waals surface area (Å²) < 4.78 is 0. The molecule has 0 heterocycles. The smallest absolute Gasteiger partial charge is 0.111 e. The Hall–Kier alpha value is -2.71. The lowest BCUT2D eigenvalue weighted by Gasteiger charge is -2.14. The number of benzene rings is 3. The van der Waals surface area contributed by atoms with Gasteiger partial charge in [0.25, 0.3) is 0 Å². The molecule has 0 saturated heterocycles. The van der Waals surface area contributed by atoms with Crippen LogP contribution in [0.15, 0.2) is 91.5 Å². The largest absolute Gasteiger partial charge is 0.346 e. The quantitative estimate of drug-likeness (QED) is 0.635. The fourth-order valence-corrected chi connectivity index (χ4v) is 2.75. The summed E-state index contributed by atoms with van der Waals surface area (Å²) in [5.41, 5.74) is 5.09. The van der Waals surface area contributed by atoms with E-state index in [1.165, 1.54) is 0 Å². The van der Waals surface area contributed by atoms with Gasteiger partial charge in [0.1, 0.15) is 4.99 Å². The van der Waals surface area contributed by atoms with Crippen LogP contribution in [0.5, 0.6) is 0 Å². The van der Waals surface area contributed by atoms with E-state index in [0.717, 1.165) is 28.0 Å². The standard InChI is InChI=1S/C21H17NS/c1-16(17-10-4-2-5-11-17)19-14-8-9-15-20(19)21(23)22-18-12-6-3-7-13-18/h2-15H,1H2,(H,22,23). The molecule has 23 heavy (non-hydrogen) atoms. The van der Waals surface area contributed by atoms with Gasteiger partial charge in [0.2, 0.25) is 0 Å². The maximum atomic E-state index is 5.61. The lowest BCUT2D eigenvalue weighted by Crippen LogP contribution is -2.12. The molecule has 1 nitrogen and oxygen atoms in total. The molecule has 3 aromatic rings. The van der Waals surface area contributed by atoms with Gasteiger partial charge in [-0.05, 0) is 28.8 Å². The molecule has 0 unspecified atom stereocenters. The summed E-state index contributed by atoms with van der Waals surface area (Å²) in [5, 5.41) is 3.30. The van der Waals surface area contributed by atoms with Gasteiger partial charge in [-0.25, -0.2) is 0 Å². The van der Waals surface area contributed by atoms with E-state index in [0.29, 0.717) is 4.99 Å². The third-order valence-corrected chi connectivity index (χ3v) is 3.97. The molecule has 0 saturated carbocycles. The van der Waals surface area contributed by atoms with E-state index in [4.69, 9.17) is 12.2 Å². The highest BCUT2D eigenvalue weighted by molar-refractivity contribution is 7.81. The second kappa shape index (κ2) is 7.03. The van der Waals surface area contributed by atoms with Crippen LogP contribution in [0.2, 0.25) is 0 Å². The van der Waals surface area contributed by atoms with Crippen LogP contribution in [0.25, 0.3) is 5.57 Å². The van der Waals surface area contributed by atoms with E-state index in [1.807, 2.05) is 66.7 Å².